The Morgan fingerprint density at radius 1 is 1.18 bits per heavy atom. The van der Waals surface area contributed by atoms with Gasteiger partial charge in [-0.2, -0.15) is 0 Å². The highest BCUT2D eigenvalue weighted by molar-refractivity contribution is 5.91. The second-order valence-corrected chi connectivity index (χ2v) is 9.00. The number of nitrogens with zero attached hydrogens (tertiary/aromatic N) is 4. The van der Waals surface area contributed by atoms with E-state index in [0.29, 0.717) is 18.2 Å². The Kier molecular flexibility index (Phi) is 6.20. The molecule has 1 aliphatic heterocycles. The maximum absolute atomic E-state index is 12.9. The highest BCUT2D eigenvalue weighted by atomic mass is 16.6. The van der Waals surface area contributed by atoms with Crippen molar-refractivity contribution < 1.29 is 14.3 Å². The third-order valence-corrected chi connectivity index (χ3v) is 5.48. The molecule has 0 aromatic carbocycles. The summed E-state index contributed by atoms with van der Waals surface area (Å²) in [7, 11) is 0. The Balaban J connectivity index is 1.72. The summed E-state index contributed by atoms with van der Waals surface area (Å²) in [5.74, 6) is 1.24. The Morgan fingerprint density at radius 2 is 1.93 bits per heavy atom. The number of aromatic nitrogens is 2. The number of rotatable bonds is 5. The number of carbonyl (C=O) groups excluding carboxylic acids is 2. The fourth-order valence-electron chi connectivity index (χ4n) is 3.75. The van der Waals surface area contributed by atoms with Crippen LogP contribution < -0.4 is 4.90 Å². The predicted molar refractivity (Wildman–Crippen MR) is 108 cm³/mol. The molecule has 2 heterocycles. The zero-order valence-electron chi connectivity index (χ0n) is 17.5. The van der Waals surface area contributed by atoms with E-state index in [4.69, 9.17) is 4.74 Å². The van der Waals surface area contributed by atoms with E-state index in [1.165, 1.54) is 26.2 Å². The Morgan fingerprint density at radius 3 is 2.46 bits per heavy atom. The van der Waals surface area contributed by atoms with Crippen LogP contribution >= 0.6 is 0 Å². The zero-order valence-corrected chi connectivity index (χ0v) is 17.5. The van der Waals surface area contributed by atoms with Crippen LogP contribution in [0.25, 0.3) is 0 Å². The SMILES string of the molecule is CC(=O)c1ccc(N2CCC[C@@H](N(CC3CCC3)C(=O)OC(C)(C)C)C2)nn1. The molecule has 1 saturated carbocycles. The smallest absolute Gasteiger partial charge is 0.410 e. The van der Waals surface area contributed by atoms with Crippen molar-refractivity contribution in [1.29, 1.82) is 0 Å². The van der Waals surface area contributed by atoms with Gasteiger partial charge in [-0.15, -0.1) is 10.2 Å². The molecule has 0 N–H and O–H groups in total. The van der Waals surface area contributed by atoms with E-state index in [-0.39, 0.29) is 17.9 Å². The van der Waals surface area contributed by atoms with E-state index in [2.05, 4.69) is 15.1 Å². The highest BCUT2D eigenvalue weighted by Crippen LogP contribution is 2.30. The van der Waals surface area contributed by atoms with Gasteiger partial charge in [0.15, 0.2) is 11.6 Å². The first-order chi connectivity index (χ1) is 13.2. The summed E-state index contributed by atoms with van der Waals surface area (Å²) in [6.45, 7) is 9.56. The first kappa shape index (κ1) is 20.6. The van der Waals surface area contributed by atoms with Gasteiger partial charge in [0.1, 0.15) is 11.3 Å². The molecule has 1 aromatic rings. The van der Waals surface area contributed by atoms with Crippen LogP contribution in [0, 0.1) is 5.92 Å². The summed E-state index contributed by atoms with van der Waals surface area (Å²) in [4.78, 5) is 28.4. The second-order valence-electron chi connectivity index (χ2n) is 9.00. The Bertz CT molecular complexity index is 695. The third kappa shape index (κ3) is 5.20. The molecule has 1 atom stereocenters. The number of hydrogen-bond donors (Lipinski definition) is 0. The minimum Gasteiger partial charge on any atom is -0.444 e. The average Bonchev–Trinajstić information content (AvgIpc) is 2.59. The van der Waals surface area contributed by atoms with Crippen LogP contribution in [0.1, 0.15) is 70.3 Å². The maximum atomic E-state index is 12.9. The molecule has 1 aliphatic carbocycles. The summed E-state index contributed by atoms with van der Waals surface area (Å²) in [5, 5.41) is 8.26. The van der Waals surface area contributed by atoms with Crippen LogP contribution in [0.2, 0.25) is 0 Å². The number of hydrogen-bond acceptors (Lipinski definition) is 6. The van der Waals surface area contributed by atoms with Crippen molar-refractivity contribution in [3.63, 3.8) is 0 Å². The number of ketones is 1. The van der Waals surface area contributed by atoms with Crippen LogP contribution in [-0.4, -0.2) is 58.3 Å². The minimum atomic E-state index is -0.503. The molecule has 0 unspecified atom stereocenters. The molecular weight excluding hydrogens is 356 g/mol. The number of ether oxygens (including phenoxy) is 1. The van der Waals surface area contributed by atoms with Crippen LogP contribution in [0.4, 0.5) is 10.6 Å². The molecule has 154 valence electrons. The van der Waals surface area contributed by atoms with Crippen molar-refractivity contribution in [2.75, 3.05) is 24.5 Å². The van der Waals surface area contributed by atoms with Gasteiger partial charge in [0.05, 0.1) is 6.04 Å². The van der Waals surface area contributed by atoms with E-state index in [1.807, 2.05) is 31.7 Å². The Hall–Kier alpha value is -2.18. The first-order valence-electron chi connectivity index (χ1n) is 10.3. The van der Waals surface area contributed by atoms with Gasteiger partial charge >= 0.3 is 6.09 Å². The number of carbonyl (C=O) groups is 2. The summed E-state index contributed by atoms with van der Waals surface area (Å²) in [6, 6.07) is 3.66. The molecule has 3 rings (SSSR count). The summed E-state index contributed by atoms with van der Waals surface area (Å²) in [5.41, 5.74) is -0.130. The third-order valence-electron chi connectivity index (χ3n) is 5.48. The average molecular weight is 389 g/mol. The lowest BCUT2D eigenvalue weighted by molar-refractivity contribution is 0.00732. The topological polar surface area (TPSA) is 75.6 Å². The van der Waals surface area contributed by atoms with Crippen molar-refractivity contribution >= 4 is 17.7 Å². The van der Waals surface area contributed by atoms with Crippen molar-refractivity contribution in [2.24, 2.45) is 5.92 Å². The van der Waals surface area contributed by atoms with Crippen LogP contribution in [0.3, 0.4) is 0 Å². The number of amides is 1. The minimum absolute atomic E-state index is 0.0906. The number of piperidine rings is 1. The number of anilines is 1. The second kappa shape index (κ2) is 8.45. The van der Waals surface area contributed by atoms with Gasteiger partial charge in [-0.1, -0.05) is 6.42 Å². The quantitative estimate of drug-likeness (QED) is 0.716. The molecule has 1 amide bonds. The predicted octanol–water partition coefficient (Wildman–Crippen LogP) is 3.69. The normalized spacial score (nSPS) is 20.4. The molecular formula is C21H32N4O3. The van der Waals surface area contributed by atoms with Crippen molar-refractivity contribution in [2.45, 2.75) is 71.4 Å². The molecule has 0 radical (unpaired) electrons. The molecule has 2 aliphatic rings. The fourth-order valence-corrected chi connectivity index (χ4v) is 3.75. The first-order valence-corrected chi connectivity index (χ1v) is 10.3. The van der Waals surface area contributed by atoms with Gasteiger partial charge in [0.2, 0.25) is 0 Å². The fraction of sp³-hybridized carbons (Fsp3) is 0.714. The molecule has 0 spiro atoms. The van der Waals surface area contributed by atoms with Crippen LogP contribution in [0.15, 0.2) is 12.1 Å². The summed E-state index contributed by atoms with van der Waals surface area (Å²) >= 11 is 0. The lowest BCUT2D eigenvalue weighted by Crippen LogP contribution is -2.53. The number of Topliss-reactive ketones (excluding diaryl/α,β-unsaturated/α-hetero) is 1. The lowest BCUT2D eigenvalue weighted by atomic mass is 9.84. The van der Waals surface area contributed by atoms with Gasteiger partial charge in [-0.3, -0.25) is 4.79 Å². The molecule has 2 fully saturated rings. The summed E-state index contributed by atoms with van der Waals surface area (Å²) < 4.78 is 5.71. The maximum Gasteiger partial charge on any atom is 0.410 e. The van der Waals surface area contributed by atoms with E-state index in [1.54, 1.807) is 6.07 Å². The molecule has 0 bridgehead atoms. The lowest BCUT2D eigenvalue weighted by Gasteiger charge is -2.42. The highest BCUT2D eigenvalue weighted by Gasteiger charge is 2.34. The van der Waals surface area contributed by atoms with E-state index < -0.39 is 5.60 Å². The van der Waals surface area contributed by atoms with E-state index in [9.17, 15) is 9.59 Å². The van der Waals surface area contributed by atoms with E-state index in [0.717, 1.165) is 31.7 Å². The molecule has 1 aromatic heterocycles. The molecule has 7 nitrogen and oxygen atoms in total. The van der Waals surface area contributed by atoms with Crippen LogP contribution in [0.5, 0.6) is 0 Å². The van der Waals surface area contributed by atoms with Gasteiger partial charge in [0, 0.05) is 26.6 Å². The Labute approximate surface area is 167 Å². The largest absolute Gasteiger partial charge is 0.444 e. The van der Waals surface area contributed by atoms with Gasteiger partial charge in [0.25, 0.3) is 0 Å². The monoisotopic (exact) mass is 388 g/mol. The molecule has 28 heavy (non-hydrogen) atoms. The molecule has 7 heteroatoms. The van der Waals surface area contributed by atoms with Gasteiger partial charge in [-0.25, -0.2) is 4.79 Å². The van der Waals surface area contributed by atoms with Gasteiger partial charge < -0.3 is 14.5 Å². The summed E-state index contributed by atoms with van der Waals surface area (Å²) in [6.07, 6.45) is 5.35. The van der Waals surface area contributed by atoms with Crippen molar-refractivity contribution in [1.82, 2.24) is 15.1 Å². The van der Waals surface area contributed by atoms with Crippen LogP contribution in [-0.2, 0) is 4.74 Å². The van der Waals surface area contributed by atoms with Crippen molar-refractivity contribution in [3.8, 4) is 0 Å². The van der Waals surface area contributed by atoms with E-state index >= 15 is 0 Å². The molecule has 1 saturated heterocycles. The standard InChI is InChI=1S/C21H32N4O3/c1-15(26)18-10-11-19(23-22-18)24-12-6-9-17(14-24)25(13-16-7-5-8-16)20(27)28-21(2,3)4/h10-11,16-17H,5-9,12-14H2,1-4H3/t17-/m1/s1. The van der Waals surface area contributed by atoms with Gasteiger partial charge in [-0.05, 0) is 64.5 Å². The van der Waals surface area contributed by atoms with Crippen molar-refractivity contribution in [3.05, 3.63) is 17.8 Å². The zero-order chi connectivity index (χ0) is 20.3.